The molecule has 102 valence electrons. The summed E-state index contributed by atoms with van der Waals surface area (Å²) in [6.45, 7) is 6.26. The zero-order chi connectivity index (χ0) is 14.0. The molecule has 1 atom stereocenters. The minimum absolute atomic E-state index is 0.0235. The van der Waals surface area contributed by atoms with Gasteiger partial charge in [0.25, 0.3) is 0 Å². The average Bonchev–Trinajstić information content (AvgIpc) is 2.70. The highest BCUT2D eigenvalue weighted by atomic mass is 35.5. The summed E-state index contributed by atoms with van der Waals surface area (Å²) < 4.78 is 5.78. The van der Waals surface area contributed by atoms with Crippen LogP contribution in [0, 0.1) is 12.8 Å². The molecule has 0 bridgehead atoms. The van der Waals surface area contributed by atoms with E-state index in [4.69, 9.17) is 27.6 Å². The minimum atomic E-state index is -0.0235. The SMILES string of the molecule is Cc1oc(-c2cncc(Cl)c2)cc1C(Cl)CC(C)C. The Kier molecular flexibility index (Phi) is 4.54. The van der Waals surface area contributed by atoms with Gasteiger partial charge in [-0.05, 0) is 31.4 Å². The molecule has 1 unspecified atom stereocenters. The summed E-state index contributed by atoms with van der Waals surface area (Å²) in [7, 11) is 0. The lowest BCUT2D eigenvalue weighted by molar-refractivity contribution is 0.530. The topological polar surface area (TPSA) is 26.0 Å². The quantitative estimate of drug-likeness (QED) is 0.684. The Morgan fingerprint density at radius 2 is 2.00 bits per heavy atom. The number of aromatic nitrogens is 1. The Morgan fingerprint density at radius 3 is 2.63 bits per heavy atom. The smallest absolute Gasteiger partial charge is 0.136 e. The van der Waals surface area contributed by atoms with Crippen LogP contribution in [0.2, 0.25) is 5.02 Å². The summed E-state index contributed by atoms with van der Waals surface area (Å²) in [5, 5.41) is 0.572. The van der Waals surface area contributed by atoms with Crippen LogP contribution in [0.4, 0.5) is 0 Å². The number of aryl methyl sites for hydroxylation is 1. The van der Waals surface area contributed by atoms with Crippen molar-refractivity contribution in [2.75, 3.05) is 0 Å². The van der Waals surface area contributed by atoms with Gasteiger partial charge in [-0.15, -0.1) is 11.6 Å². The second-order valence-corrected chi connectivity index (χ2v) is 6.07. The summed E-state index contributed by atoms with van der Waals surface area (Å²) in [6, 6.07) is 3.82. The van der Waals surface area contributed by atoms with E-state index in [0.717, 1.165) is 29.1 Å². The fourth-order valence-corrected chi connectivity index (χ4v) is 2.78. The molecule has 2 aromatic rings. The molecule has 4 heteroatoms. The molecule has 0 fully saturated rings. The number of hydrogen-bond donors (Lipinski definition) is 0. The lowest BCUT2D eigenvalue weighted by atomic mass is 10.0. The van der Waals surface area contributed by atoms with Gasteiger partial charge in [0, 0.05) is 23.5 Å². The second-order valence-electron chi connectivity index (χ2n) is 5.11. The molecule has 0 aliphatic carbocycles. The number of pyridine rings is 1. The van der Waals surface area contributed by atoms with Crippen molar-refractivity contribution in [1.82, 2.24) is 4.98 Å². The van der Waals surface area contributed by atoms with Crippen molar-refractivity contribution in [2.45, 2.75) is 32.6 Å². The maximum absolute atomic E-state index is 6.44. The summed E-state index contributed by atoms with van der Waals surface area (Å²) in [5.74, 6) is 2.17. The Morgan fingerprint density at radius 1 is 1.26 bits per heavy atom. The van der Waals surface area contributed by atoms with Gasteiger partial charge in [0.15, 0.2) is 0 Å². The zero-order valence-electron chi connectivity index (χ0n) is 11.3. The molecule has 0 saturated carbocycles. The van der Waals surface area contributed by atoms with Gasteiger partial charge in [-0.2, -0.15) is 0 Å². The predicted molar refractivity (Wildman–Crippen MR) is 79.7 cm³/mol. The third-order valence-corrected chi connectivity index (χ3v) is 3.58. The van der Waals surface area contributed by atoms with Crippen LogP contribution in [0.5, 0.6) is 0 Å². The molecule has 0 spiro atoms. The number of furan rings is 1. The Balaban J connectivity index is 2.30. The van der Waals surface area contributed by atoms with Gasteiger partial charge in [-0.25, -0.2) is 0 Å². The number of halogens is 2. The van der Waals surface area contributed by atoms with Crippen LogP contribution in [0.1, 0.15) is 37.0 Å². The average molecular weight is 298 g/mol. The molecule has 2 nitrogen and oxygen atoms in total. The van der Waals surface area contributed by atoms with Crippen molar-refractivity contribution in [2.24, 2.45) is 5.92 Å². The fourth-order valence-electron chi connectivity index (χ4n) is 2.04. The van der Waals surface area contributed by atoms with Gasteiger partial charge >= 0.3 is 0 Å². The van der Waals surface area contributed by atoms with E-state index < -0.39 is 0 Å². The van der Waals surface area contributed by atoms with E-state index in [1.165, 1.54) is 0 Å². The maximum Gasteiger partial charge on any atom is 0.136 e. The minimum Gasteiger partial charge on any atom is -0.461 e. The lowest BCUT2D eigenvalue weighted by Crippen LogP contribution is -1.96. The van der Waals surface area contributed by atoms with Gasteiger partial charge in [0.1, 0.15) is 11.5 Å². The highest BCUT2D eigenvalue weighted by Gasteiger charge is 2.18. The van der Waals surface area contributed by atoms with Crippen molar-refractivity contribution in [1.29, 1.82) is 0 Å². The molecule has 0 radical (unpaired) electrons. The van der Waals surface area contributed by atoms with Crippen LogP contribution >= 0.6 is 23.2 Å². The summed E-state index contributed by atoms with van der Waals surface area (Å²) in [4.78, 5) is 4.07. The van der Waals surface area contributed by atoms with E-state index in [-0.39, 0.29) is 5.38 Å². The summed E-state index contributed by atoms with van der Waals surface area (Å²) in [6.07, 6.45) is 4.26. The standard InChI is InChI=1S/C15H17Cl2NO/c1-9(2)4-14(17)13-6-15(19-10(13)3)11-5-12(16)8-18-7-11/h5-9,14H,4H2,1-3H3. The number of rotatable bonds is 4. The molecule has 2 aromatic heterocycles. The Labute approximate surface area is 123 Å². The molecular weight excluding hydrogens is 281 g/mol. The van der Waals surface area contributed by atoms with E-state index in [1.54, 1.807) is 12.4 Å². The molecule has 0 amide bonds. The van der Waals surface area contributed by atoms with E-state index in [9.17, 15) is 0 Å². The first kappa shape index (κ1) is 14.4. The van der Waals surface area contributed by atoms with Crippen LogP contribution in [0.3, 0.4) is 0 Å². The van der Waals surface area contributed by atoms with Gasteiger partial charge in [-0.3, -0.25) is 4.98 Å². The first-order valence-corrected chi connectivity index (χ1v) is 7.14. The monoisotopic (exact) mass is 297 g/mol. The van der Waals surface area contributed by atoms with E-state index in [0.29, 0.717) is 10.9 Å². The third-order valence-electron chi connectivity index (χ3n) is 2.96. The van der Waals surface area contributed by atoms with Crippen LogP contribution < -0.4 is 0 Å². The van der Waals surface area contributed by atoms with Crippen LogP contribution in [-0.2, 0) is 0 Å². The lowest BCUT2D eigenvalue weighted by Gasteiger charge is -2.10. The maximum atomic E-state index is 6.44. The molecule has 0 saturated heterocycles. The van der Waals surface area contributed by atoms with E-state index in [1.807, 2.05) is 19.1 Å². The van der Waals surface area contributed by atoms with Crippen LogP contribution in [0.15, 0.2) is 28.9 Å². The second kappa shape index (κ2) is 5.98. The van der Waals surface area contributed by atoms with Crippen molar-refractivity contribution in [3.8, 4) is 11.3 Å². The van der Waals surface area contributed by atoms with Crippen molar-refractivity contribution < 1.29 is 4.42 Å². The highest BCUT2D eigenvalue weighted by molar-refractivity contribution is 6.30. The van der Waals surface area contributed by atoms with Crippen LogP contribution in [0.25, 0.3) is 11.3 Å². The van der Waals surface area contributed by atoms with Gasteiger partial charge in [0.2, 0.25) is 0 Å². The van der Waals surface area contributed by atoms with Gasteiger partial charge in [-0.1, -0.05) is 25.4 Å². The van der Waals surface area contributed by atoms with Gasteiger partial charge < -0.3 is 4.42 Å². The fraction of sp³-hybridized carbons (Fsp3) is 0.400. The number of alkyl halides is 1. The Bertz CT molecular complexity index is 563. The molecule has 0 aliphatic rings. The first-order chi connectivity index (χ1) is 8.97. The predicted octanol–water partition coefficient (Wildman–Crippen LogP) is 5.63. The normalized spacial score (nSPS) is 12.9. The molecule has 0 N–H and O–H groups in total. The van der Waals surface area contributed by atoms with Crippen LogP contribution in [-0.4, -0.2) is 4.98 Å². The molecule has 0 aromatic carbocycles. The van der Waals surface area contributed by atoms with Gasteiger partial charge in [0.05, 0.1) is 10.4 Å². The van der Waals surface area contributed by atoms with Crippen molar-refractivity contribution in [3.05, 3.63) is 40.9 Å². The van der Waals surface area contributed by atoms with Crippen molar-refractivity contribution in [3.63, 3.8) is 0 Å². The molecule has 0 aliphatic heterocycles. The molecule has 19 heavy (non-hydrogen) atoms. The van der Waals surface area contributed by atoms with E-state index in [2.05, 4.69) is 18.8 Å². The third kappa shape index (κ3) is 3.52. The molecule has 2 heterocycles. The number of nitrogens with zero attached hydrogens (tertiary/aromatic N) is 1. The Hall–Kier alpha value is -0.990. The molecular formula is C15H17Cl2NO. The summed E-state index contributed by atoms with van der Waals surface area (Å²) >= 11 is 12.4. The highest BCUT2D eigenvalue weighted by Crippen LogP contribution is 2.35. The van der Waals surface area contributed by atoms with Crippen molar-refractivity contribution >= 4 is 23.2 Å². The molecule has 2 rings (SSSR count). The van der Waals surface area contributed by atoms with E-state index >= 15 is 0 Å². The number of hydrogen-bond acceptors (Lipinski definition) is 2. The summed E-state index contributed by atoms with van der Waals surface area (Å²) in [5.41, 5.74) is 1.92. The zero-order valence-corrected chi connectivity index (χ0v) is 12.8. The first-order valence-electron chi connectivity index (χ1n) is 6.32. The largest absolute Gasteiger partial charge is 0.461 e.